The fourth-order valence-corrected chi connectivity index (χ4v) is 3.17. The zero-order valence-electron chi connectivity index (χ0n) is 16.2. The standard InChI is InChI=1S/C22H25N3OS/c1-16(19-9-11-20(12-10-19)22(2,3)4)24-25-21(26)15-27-14-18-7-5-17(13-23)6-8-18/h5-12H,14-15H2,1-4H3,(H,25,26)/b24-16-. The van der Waals surface area contributed by atoms with Gasteiger partial charge in [0.15, 0.2) is 0 Å². The van der Waals surface area contributed by atoms with E-state index in [0.717, 1.165) is 22.6 Å². The Kier molecular flexibility index (Phi) is 7.20. The van der Waals surface area contributed by atoms with E-state index in [4.69, 9.17) is 5.26 Å². The van der Waals surface area contributed by atoms with Crippen molar-refractivity contribution in [3.63, 3.8) is 0 Å². The van der Waals surface area contributed by atoms with E-state index in [9.17, 15) is 4.79 Å². The third kappa shape index (κ3) is 6.58. The van der Waals surface area contributed by atoms with Crippen LogP contribution in [0.15, 0.2) is 53.6 Å². The first kappa shape index (κ1) is 20.7. The maximum absolute atomic E-state index is 12.0. The molecule has 0 aromatic heterocycles. The number of carbonyl (C=O) groups is 1. The van der Waals surface area contributed by atoms with Crippen LogP contribution in [-0.2, 0) is 16.0 Å². The molecule has 0 saturated heterocycles. The van der Waals surface area contributed by atoms with Crippen molar-refractivity contribution in [1.29, 1.82) is 5.26 Å². The Hall–Kier alpha value is -2.58. The van der Waals surface area contributed by atoms with E-state index in [1.165, 1.54) is 17.3 Å². The highest BCUT2D eigenvalue weighted by Gasteiger charge is 2.13. The molecule has 0 spiro atoms. The van der Waals surface area contributed by atoms with Crippen LogP contribution >= 0.6 is 11.8 Å². The molecular formula is C22H25N3OS. The molecule has 1 amide bonds. The Bertz CT molecular complexity index is 841. The van der Waals surface area contributed by atoms with E-state index in [0.29, 0.717) is 11.3 Å². The number of nitriles is 1. The third-order valence-electron chi connectivity index (χ3n) is 4.10. The molecule has 0 aliphatic carbocycles. The van der Waals surface area contributed by atoms with Gasteiger partial charge in [-0.15, -0.1) is 11.8 Å². The first-order chi connectivity index (χ1) is 12.8. The predicted octanol–water partition coefficient (Wildman–Crippen LogP) is 4.63. The molecule has 27 heavy (non-hydrogen) atoms. The van der Waals surface area contributed by atoms with Gasteiger partial charge in [-0.25, -0.2) is 5.43 Å². The van der Waals surface area contributed by atoms with Gasteiger partial charge in [-0.2, -0.15) is 10.4 Å². The summed E-state index contributed by atoms with van der Waals surface area (Å²) in [5.74, 6) is 0.926. The summed E-state index contributed by atoms with van der Waals surface area (Å²) in [6, 6.07) is 17.8. The number of nitrogens with zero attached hydrogens (tertiary/aromatic N) is 2. The van der Waals surface area contributed by atoms with Gasteiger partial charge in [0.25, 0.3) is 0 Å². The van der Waals surface area contributed by atoms with Crippen LogP contribution in [0.5, 0.6) is 0 Å². The Morgan fingerprint density at radius 3 is 2.30 bits per heavy atom. The molecule has 0 unspecified atom stereocenters. The highest BCUT2D eigenvalue weighted by molar-refractivity contribution is 7.99. The van der Waals surface area contributed by atoms with Gasteiger partial charge in [-0.05, 0) is 41.2 Å². The number of thioether (sulfide) groups is 1. The Morgan fingerprint density at radius 2 is 1.74 bits per heavy atom. The molecule has 0 aliphatic heterocycles. The lowest BCUT2D eigenvalue weighted by atomic mass is 9.86. The van der Waals surface area contributed by atoms with Crippen LogP contribution in [0.3, 0.4) is 0 Å². The Labute approximate surface area is 165 Å². The van der Waals surface area contributed by atoms with Gasteiger partial charge >= 0.3 is 0 Å². The zero-order valence-corrected chi connectivity index (χ0v) is 17.1. The third-order valence-corrected chi connectivity index (χ3v) is 5.11. The van der Waals surface area contributed by atoms with E-state index in [-0.39, 0.29) is 11.3 Å². The summed E-state index contributed by atoms with van der Waals surface area (Å²) in [5, 5.41) is 13.0. The van der Waals surface area contributed by atoms with Gasteiger partial charge in [0, 0.05) is 5.75 Å². The predicted molar refractivity (Wildman–Crippen MR) is 113 cm³/mol. The normalized spacial score (nSPS) is 11.7. The van der Waals surface area contributed by atoms with Crippen molar-refractivity contribution in [2.75, 3.05) is 5.75 Å². The second-order valence-corrected chi connectivity index (χ2v) is 8.35. The number of carbonyl (C=O) groups excluding carboxylic acids is 1. The molecule has 1 N–H and O–H groups in total. The first-order valence-corrected chi connectivity index (χ1v) is 9.96. The van der Waals surface area contributed by atoms with Crippen LogP contribution in [0.4, 0.5) is 0 Å². The number of amides is 1. The number of rotatable bonds is 6. The van der Waals surface area contributed by atoms with Crippen LogP contribution in [0.25, 0.3) is 0 Å². The molecule has 0 atom stereocenters. The molecule has 2 aromatic carbocycles. The summed E-state index contributed by atoms with van der Waals surface area (Å²) < 4.78 is 0. The highest BCUT2D eigenvalue weighted by Crippen LogP contribution is 2.22. The van der Waals surface area contributed by atoms with E-state index >= 15 is 0 Å². The lowest BCUT2D eigenvalue weighted by molar-refractivity contribution is -0.118. The minimum atomic E-state index is -0.126. The van der Waals surface area contributed by atoms with Crippen LogP contribution in [0.2, 0.25) is 0 Å². The van der Waals surface area contributed by atoms with Crippen LogP contribution in [0.1, 0.15) is 49.9 Å². The summed E-state index contributed by atoms with van der Waals surface area (Å²) in [6.07, 6.45) is 0. The SMILES string of the molecule is C/C(=N/NC(=O)CSCc1ccc(C#N)cc1)c1ccc(C(C)(C)C)cc1. The number of hydrogen-bond acceptors (Lipinski definition) is 4. The molecule has 0 saturated carbocycles. The van der Waals surface area contributed by atoms with Gasteiger partial charge in [-0.1, -0.05) is 57.2 Å². The zero-order chi connectivity index (χ0) is 19.9. The van der Waals surface area contributed by atoms with Crippen LogP contribution < -0.4 is 5.43 Å². The second kappa shape index (κ2) is 9.38. The minimum absolute atomic E-state index is 0.115. The van der Waals surface area contributed by atoms with Gasteiger partial charge < -0.3 is 0 Å². The Morgan fingerprint density at radius 1 is 1.11 bits per heavy atom. The highest BCUT2D eigenvalue weighted by atomic mass is 32.2. The maximum Gasteiger partial charge on any atom is 0.250 e. The van der Waals surface area contributed by atoms with Crippen molar-refractivity contribution in [3.8, 4) is 6.07 Å². The number of nitrogens with one attached hydrogen (secondary N) is 1. The number of hydrazone groups is 1. The van der Waals surface area contributed by atoms with E-state index in [2.05, 4.69) is 49.5 Å². The van der Waals surface area contributed by atoms with E-state index < -0.39 is 0 Å². The van der Waals surface area contributed by atoms with Gasteiger partial charge in [0.1, 0.15) is 0 Å². The summed E-state index contributed by atoms with van der Waals surface area (Å²) in [4.78, 5) is 12.0. The molecule has 5 heteroatoms. The smallest absolute Gasteiger partial charge is 0.250 e. The summed E-state index contributed by atoms with van der Waals surface area (Å²) in [6.45, 7) is 8.42. The quantitative estimate of drug-likeness (QED) is 0.588. The topological polar surface area (TPSA) is 65.2 Å². The molecule has 0 bridgehead atoms. The minimum Gasteiger partial charge on any atom is -0.272 e. The summed E-state index contributed by atoms with van der Waals surface area (Å²) >= 11 is 1.52. The monoisotopic (exact) mass is 379 g/mol. The average molecular weight is 380 g/mol. The lowest BCUT2D eigenvalue weighted by Gasteiger charge is -2.19. The molecule has 140 valence electrons. The molecule has 0 fully saturated rings. The van der Waals surface area contributed by atoms with Crippen molar-refractivity contribution >= 4 is 23.4 Å². The molecule has 2 rings (SSSR count). The largest absolute Gasteiger partial charge is 0.272 e. The Balaban J connectivity index is 1.81. The maximum atomic E-state index is 12.0. The van der Waals surface area contributed by atoms with E-state index in [1.807, 2.05) is 31.2 Å². The summed E-state index contributed by atoms with van der Waals surface area (Å²) in [7, 11) is 0. The molecule has 4 nitrogen and oxygen atoms in total. The molecule has 0 heterocycles. The van der Waals surface area contributed by atoms with Crippen molar-refractivity contribution in [3.05, 3.63) is 70.8 Å². The van der Waals surface area contributed by atoms with E-state index in [1.54, 1.807) is 12.1 Å². The second-order valence-electron chi connectivity index (χ2n) is 7.36. The molecule has 0 radical (unpaired) electrons. The number of benzene rings is 2. The van der Waals surface area contributed by atoms with Crippen molar-refractivity contribution in [2.45, 2.75) is 38.9 Å². The fraction of sp³-hybridized carbons (Fsp3) is 0.318. The van der Waals surface area contributed by atoms with Gasteiger partial charge in [0.2, 0.25) is 5.91 Å². The fourth-order valence-electron chi connectivity index (χ4n) is 2.39. The van der Waals surface area contributed by atoms with Crippen molar-refractivity contribution in [1.82, 2.24) is 5.43 Å². The summed E-state index contributed by atoms with van der Waals surface area (Å²) in [5.41, 5.74) is 7.50. The molecule has 0 aliphatic rings. The van der Waals surface area contributed by atoms with Gasteiger partial charge in [-0.3, -0.25) is 4.79 Å². The average Bonchev–Trinajstić information content (AvgIpc) is 2.66. The van der Waals surface area contributed by atoms with Crippen LogP contribution in [0, 0.1) is 11.3 Å². The lowest BCUT2D eigenvalue weighted by Crippen LogP contribution is -2.21. The van der Waals surface area contributed by atoms with Crippen LogP contribution in [-0.4, -0.2) is 17.4 Å². The first-order valence-electron chi connectivity index (χ1n) is 8.80. The number of hydrogen-bond donors (Lipinski definition) is 1. The van der Waals surface area contributed by atoms with Gasteiger partial charge in [0.05, 0.1) is 23.1 Å². The van der Waals surface area contributed by atoms with Crippen molar-refractivity contribution in [2.24, 2.45) is 5.10 Å². The van der Waals surface area contributed by atoms with Crippen molar-refractivity contribution < 1.29 is 4.79 Å². The molecule has 2 aromatic rings. The molecular weight excluding hydrogens is 354 g/mol.